The largest absolute Gasteiger partial charge is 0.266 e. The lowest BCUT2D eigenvalue weighted by molar-refractivity contribution is 1.07. The van der Waals surface area contributed by atoms with Gasteiger partial charge < -0.3 is 0 Å². The van der Waals surface area contributed by atoms with Crippen LogP contribution in [-0.2, 0) is 0 Å². The van der Waals surface area contributed by atoms with E-state index in [0.717, 1.165) is 71.5 Å². The van der Waals surface area contributed by atoms with Crippen LogP contribution in [0.25, 0.3) is 93.8 Å². The Hall–Kier alpha value is -7.10. The fraction of sp³-hybridized carbons (Fsp3) is 0. The molecule has 6 nitrogen and oxygen atoms in total. The third kappa shape index (κ3) is 5.20. The monoisotopic (exact) mass is 638 g/mol. The van der Waals surface area contributed by atoms with Gasteiger partial charge in [0.1, 0.15) is 0 Å². The maximum atomic E-state index is 7.32. The molecule has 232 valence electrons. The maximum Gasteiger partial charge on any atom is 0.205 e. The Morgan fingerprint density at radius 1 is 0.400 bits per heavy atom. The first-order valence-electron chi connectivity index (χ1n) is 16.3. The zero-order chi connectivity index (χ0) is 33.4. The summed E-state index contributed by atoms with van der Waals surface area (Å²) in [6, 6.07) is 49.5. The maximum absolute atomic E-state index is 7.32. The van der Waals surface area contributed by atoms with Gasteiger partial charge in [-0.1, -0.05) is 133 Å². The van der Waals surface area contributed by atoms with Gasteiger partial charge in [-0.05, 0) is 45.0 Å². The van der Waals surface area contributed by atoms with Gasteiger partial charge in [-0.3, -0.25) is 9.97 Å². The van der Waals surface area contributed by atoms with Crippen LogP contribution >= 0.6 is 0 Å². The van der Waals surface area contributed by atoms with Crippen LogP contribution in [0.3, 0.4) is 0 Å². The van der Waals surface area contributed by atoms with Gasteiger partial charge in [-0.2, -0.15) is 0 Å². The molecule has 0 saturated carbocycles. The standard InChI is InChI=1S/C44H26N6/c1-45-35-25-33-21-20-32-24-34(26-46-40(32)41(33)47-27-35)37-23-22-36(38-14-8-9-15-39(37)38)28-16-18-31(19-17-28)44-49-42(29-10-4-2-5-11-29)48-43(50-44)30-12-6-3-7-13-30/h2-27H. The number of hydrogen-bond acceptors (Lipinski definition) is 5. The topological polar surface area (TPSA) is 68.8 Å². The fourth-order valence-corrected chi connectivity index (χ4v) is 6.53. The summed E-state index contributed by atoms with van der Waals surface area (Å²) in [5, 5.41) is 4.22. The normalized spacial score (nSPS) is 11.2. The zero-order valence-electron chi connectivity index (χ0n) is 26.7. The molecular formula is C44H26N6. The number of rotatable bonds is 5. The van der Waals surface area contributed by atoms with Crippen molar-refractivity contribution in [3.05, 3.63) is 169 Å². The Kier molecular flexibility index (Phi) is 7.07. The van der Waals surface area contributed by atoms with Gasteiger partial charge >= 0.3 is 0 Å². The summed E-state index contributed by atoms with van der Waals surface area (Å²) < 4.78 is 0. The highest BCUT2D eigenvalue weighted by molar-refractivity contribution is 6.08. The number of aromatic nitrogens is 5. The number of pyridine rings is 2. The van der Waals surface area contributed by atoms with E-state index >= 15 is 0 Å². The first kappa shape index (κ1) is 29.1. The molecule has 0 bridgehead atoms. The molecule has 0 aliphatic heterocycles. The lowest BCUT2D eigenvalue weighted by atomic mass is 9.92. The molecule has 0 fully saturated rings. The minimum absolute atomic E-state index is 0.523. The van der Waals surface area contributed by atoms with E-state index in [1.54, 1.807) is 6.20 Å². The molecule has 0 saturated heterocycles. The average molecular weight is 639 g/mol. The molecule has 0 N–H and O–H groups in total. The minimum Gasteiger partial charge on any atom is -0.266 e. The third-order valence-electron chi connectivity index (χ3n) is 9.00. The minimum atomic E-state index is 0.523. The molecule has 9 aromatic rings. The molecule has 0 aliphatic rings. The SMILES string of the molecule is [C-]#[N+]c1cnc2c(ccc3cc(-c4ccc(-c5ccc(-c6nc(-c7ccccc7)nc(-c7ccccc7)n6)cc5)c5ccccc45)cnc32)c1. The molecular weight excluding hydrogens is 613 g/mol. The van der Waals surface area contributed by atoms with E-state index in [-0.39, 0.29) is 0 Å². The Bertz CT molecular complexity index is 2700. The molecule has 0 unspecified atom stereocenters. The fourth-order valence-electron chi connectivity index (χ4n) is 6.53. The van der Waals surface area contributed by atoms with Crippen LogP contribution in [0, 0.1) is 6.57 Å². The summed E-state index contributed by atoms with van der Waals surface area (Å²) >= 11 is 0. The molecule has 3 heterocycles. The molecule has 6 heteroatoms. The number of hydrogen-bond donors (Lipinski definition) is 0. The highest BCUT2D eigenvalue weighted by atomic mass is 15.0. The lowest BCUT2D eigenvalue weighted by Crippen LogP contribution is -2.00. The molecule has 0 radical (unpaired) electrons. The summed E-state index contributed by atoms with van der Waals surface area (Å²) in [5.41, 5.74) is 9.34. The van der Waals surface area contributed by atoms with Crippen LogP contribution in [0.4, 0.5) is 5.69 Å². The molecule has 0 spiro atoms. The molecule has 6 aromatic carbocycles. The second-order valence-electron chi connectivity index (χ2n) is 12.1. The van der Waals surface area contributed by atoms with Crippen molar-refractivity contribution >= 4 is 38.3 Å². The van der Waals surface area contributed by atoms with E-state index in [0.29, 0.717) is 23.2 Å². The molecule has 50 heavy (non-hydrogen) atoms. The van der Waals surface area contributed by atoms with E-state index in [1.807, 2.05) is 79.0 Å². The summed E-state index contributed by atoms with van der Waals surface area (Å²) in [6.45, 7) is 7.32. The third-order valence-corrected chi connectivity index (χ3v) is 9.00. The van der Waals surface area contributed by atoms with Gasteiger partial charge in [-0.15, -0.1) is 0 Å². The first-order chi connectivity index (χ1) is 24.7. The molecule has 3 aromatic heterocycles. The van der Waals surface area contributed by atoms with Crippen molar-refractivity contribution in [1.29, 1.82) is 0 Å². The first-order valence-corrected chi connectivity index (χ1v) is 16.3. The van der Waals surface area contributed by atoms with Crippen molar-refractivity contribution < 1.29 is 0 Å². The molecule has 0 amide bonds. The Morgan fingerprint density at radius 2 is 0.860 bits per heavy atom. The quantitative estimate of drug-likeness (QED) is 0.139. The summed E-state index contributed by atoms with van der Waals surface area (Å²) in [5.74, 6) is 1.91. The smallest absolute Gasteiger partial charge is 0.205 e. The Morgan fingerprint density at radius 3 is 1.42 bits per heavy atom. The van der Waals surface area contributed by atoms with Crippen molar-refractivity contribution in [3.8, 4) is 56.4 Å². The van der Waals surface area contributed by atoms with Crippen LogP contribution < -0.4 is 0 Å². The number of fused-ring (bicyclic) bond motifs is 4. The van der Waals surface area contributed by atoms with Gasteiger partial charge in [0, 0.05) is 40.0 Å². The predicted octanol–water partition coefficient (Wildman–Crippen LogP) is 11.0. The van der Waals surface area contributed by atoms with E-state index in [4.69, 9.17) is 26.5 Å². The lowest BCUT2D eigenvalue weighted by Gasteiger charge is -2.13. The molecule has 0 aliphatic carbocycles. The molecule has 9 rings (SSSR count). The second kappa shape index (κ2) is 12.2. The van der Waals surface area contributed by atoms with Crippen molar-refractivity contribution in [2.75, 3.05) is 0 Å². The van der Waals surface area contributed by atoms with Crippen LogP contribution in [0.15, 0.2) is 158 Å². The van der Waals surface area contributed by atoms with Crippen molar-refractivity contribution in [3.63, 3.8) is 0 Å². The van der Waals surface area contributed by atoms with Crippen LogP contribution in [0.2, 0.25) is 0 Å². The van der Waals surface area contributed by atoms with Gasteiger partial charge in [0.15, 0.2) is 17.5 Å². The van der Waals surface area contributed by atoms with Crippen molar-refractivity contribution in [2.45, 2.75) is 0 Å². The van der Waals surface area contributed by atoms with Crippen LogP contribution in [0.5, 0.6) is 0 Å². The van der Waals surface area contributed by atoms with E-state index in [9.17, 15) is 0 Å². The summed E-state index contributed by atoms with van der Waals surface area (Å²) in [6.07, 6.45) is 3.53. The second-order valence-corrected chi connectivity index (χ2v) is 12.1. The van der Waals surface area contributed by atoms with Gasteiger partial charge in [0.2, 0.25) is 5.69 Å². The number of benzene rings is 6. The van der Waals surface area contributed by atoms with E-state index in [2.05, 4.69) is 82.6 Å². The van der Waals surface area contributed by atoms with E-state index in [1.165, 1.54) is 0 Å². The van der Waals surface area contributed by atoms with E-state index < -0.39 is 0 Å². The zero-order valence-corrected chi connectivity index (χ0v) is 26.7. The van der Waals surface area contributed by atoms with Gasteiger partial charge in [-0.25, -0.2) is 19.8 Å². The van der Waals surface area contributed by atoms with Crippen LogP contribution in [0.1, 0.15) is 0 Å². The van der Waals surface area contributed by atoms with Gasteiger partial charge in [0.25, 0.3) is 0 Å². The average Bonchev–Trinajstić information content (AvgIpc) is 3.20. The molecule has 0 atom stereocenters. The number of nitrogens with zero attached hydrogens (tertiary/aromatic N) is 6. The van der Waals surface area contributed by atoms with Crippen LogP contribution in [-0.4, -0.2) is 24.9 Å². The van der Waals surface area contributed by atoms with Crippen molar-refractivity contribution in [2.24, 2.45) is 0 Å². The Labute approximate surface area is 288 Å². The highest BCUT2D eigenvalue weighted by Crippen LogP contribution is 2.37. The predicted molar refractivity (Wildman–Crippen MR) is 201 cm³/mol. The van der Waals surface area contributed by atoms with Gasteiger partial charge in [0.05, 0.1) is 17.6 Å². The highest BCUT2D eigenvalue weighted by Gasteiger charge is 2.15. The Balaban J connectivity index is 1.10. The van der Waals surface area contributed by atoms with Crippen molar-refractivity contribution in [1.82, 2.24) is 24.9 Å². The summed E-state index contributed by atoms with van der Waals surface area (Å²) in [4.78, 5) is 27.6. The summed E-state index contributed by atoms with van der Waals surface area (Å²) in [7, 11) is 0.